The number of halogens is 5. The van der Waals surface area contributed by atoms with Gasteiger partial charge in [-0.05, 0) is 48.0 Å². The molecule has 0 bridgehead atoms. The third kappa shape index (κ3) is 4.84. The molecular weight excluding hydrogens is 492 g/mol. The molecule has 1 heterocycles. The van der Waals surface area contributed by atoms with Crippen LogP contribution >= 0.6 is 0 Å². The van der Waals surface area contributed by atoms with Crippen LogP contribution in [0.15, 0.2) is 71.6 Å². The summed E-state index contributed by atoms with van der Waals surface area (Å²) in [7, 11) is -0.981. The average Bonchev–Trinajstić information content (AvgIpc) is 3.23. The van der Waals surface area contributed by atoms with Gasteiger partial charge in [0, 0.05) is 19.7 Å². The molecule has 1 atom stereocenters. The summed E-state index contributed by atoms with van der Waals surface area (Å²) < 4.78 is 98.6. The summed E-state index contributed by atoms with van der Waals surface area (Å²) in [6, 6.07) is 13.6. The van der Waals surface area contributed by atoms with Crippen LogP contribution in [0.3, 0.4) is 0 Å². The summed E-state index contributed by atoms with van der Waals surface area (Å²) in [5, 5.41) is 0. The van der Waals surface area contributed by atoms with E-state index in [0.29, 0.717) is 23.3 Å². The first-order valence-corrected chi connectivity index (χ1v) is 11.5. The van der Waals surface area contributed by atoms with Crippen molar-refractivity contribution in [1.29, 1.82) is 0 Å². The molecule has 0 fully saturated rings. The Balaban J connectivity index is 1.67. The van der Waals surface area contributed by atoms with Gasteiger partial charge in [0.15, 0.2) is 0 Å². The van der Waals surface area contributed by atoms with E-state index in [1.165, 1.54) is 32.3 Å². The molecule has 0 amide bonds. The molecule has 0 radical (unpaired) electrons. The van der Waals surface area contributed by atoms with Crippen molar-refractivity contribution in [1.82, 2.24) is 14.3 Å². The second-order valence-electron chi connectivity index (χ2n) is 7.74. The van der Waals surface area contributed by atoms with Crippen LogP contribution in [0.2, 0.25) is 0 Å². The Labute approximate surface area is 197 Å². The summed E-state index contributed by atoms with van der Waals surface area (Å²) in [4.78, 5) is 6.33. The van der Waals surface area contributed by atoms with E-state index < -0.39 is 39.4 Å². The van der Waals surface area contributed by atoms with Gasteiger partial charge in [0.05, 0.1) is 21.5 Å². The summed E-state index contributed by atoms with van der Waals surface area (Å²) in [5.41, 5.74) is 0.159. The van der Waals surface area contributed by atoms with E-state index in [1.807, 2.05) is 0 Å². The number of ether oxygens (including phenoxy) is 1. The van der Waals surface area contributed by atoms with Gasteiger partial charge >= 0.3 is 12.3 Å². The first-order valence-electron chi connectivity index (χ1n) is 10.1. The third-order valence-electron chi connectivity index (χ3n) is 5.14. The van der Waals surface area contributed by atoms with Gasteiger partial charge < -0.3 is 9.72 Å². The SMILES string of the molecule is CN(C)S(=O)(=O)c1ccccc1-c1ccc2nc(C(F)([18F])Oc3ccc(C(F)(F)F)cc3)[nH]c2c1. The quantitative estimate of drug-likeness (QED) is 0.342. The number of benzene rings is 3. The summed E-state index contributed by atoms with van der Waals surface area (Å²) in [6.07, 6.45) is -8.59. The maximum Gasteiger partial charge on any atom is 0.460 e. The first-order chi connectivity index (χ1) is 16.3. The molecule has 0 spiro atoms. The highest BCUT2D eigenvalue weighted by Gasteiger charge is 2.39. The number of sulfonamides is 1. The van der Waals surface area contributed by atoms with Crippen molar-refractivity contribution in [3.05, 3.63) is 78.1 Å². The molecule has 0 aliphatic rings. The van der Waals surface area contributed by atoms with Crippen LogP contribution in [0.25, 0.3) is 22.2 Å². The number of imidazole rings is 1. The molecule has 3 aromatic carbocycles. The Morgan fingerprint density at radius 2 is 1.57 bits per heavy atom. The zero-order valence-electron chi connectivity index (χ0n) is 18.3. The van der Waals surface area contributed by atoms with Crippen LogP contribution in [0.4, 0.5) is 22.0 Å². The molecule has 0 aliphatic heterocycles. The largest absolute Gasteiger partial charge is 0.460 e. The number of hydrogen-bond donors (Lipinski definition) is 1. The molecule has 35 heavy (non-hydrogen) atoms. The van der Waals surface area contributed by atoms with Crippen LogP contribution in [-0.2, 0) is 22.3 Å². The number of nitrogens with zero attached hydrogens (tertiary/aromatic N) is 2. The molecule has 4 rings (SSSR count). The smallest absolute Gasteiger partial charge is 0.427 e. The molecule has 1 N–H and O–H groups in total. The molecule has 0 aliphatic carbocycles. The highest BCUT2D eigenvalue weighted by Crippen LogP contribution is 2.35. The minimum atomic E-state index is -4.61. The Bertz CT molecular complexity index is 1480. The van der Waals surface area contributed by atoms with Crippen molar-refractivity contribution in [3.63, 3.8) is 0 Å². The lowest BCUT2D eigenvalue weighted by atomic mass is 10.1. The Morgan fingerprint density at radius 1 is 0.914 bits per heavy atom. The highest BCUT2D eigenvalue weighted by molar-refractivity contribution is 7.89. The fourth-order valence-corrected chi connectivity index (χ4v) is 4.46. The summed E-state index contributed by atoms with van der Waals surface area (Å²) in [5.74, 6) is -1.34. The third-order valence-corrected chi connectivity index (χ3v) is 7.02. The molecule has 1 unspecified atom stereocenters. The average molecular weight is 510 g/mol. The molecule has 6 nitrogen and oxygen atoms in total. The van der Waals surface area contributed by atoms with Crippen LogP contribution < -0.4 is 4.74 Å². The lowest BCUT2D eigenvalue weighted by Gasteiger charge is -2.16. The summed E-state index contributed by atoms with van der Waals surface area (Å²) >= 11 is 0. The number of alkyl halides is 5. The molecule has 0 saturated heterocycles. The van der Waals surface area contributed by atoms with Crippen LogP contribution in [0, 0.1) is 0 Å². The van der Waals surface area contributed by atoms with Crippen molar-refractivity contribution in [3.8, 4) is 16.9 Å². The minimum Gasteiger partial charge on any atom is -0.427 e. The predicted molar refractivity (Wildman–Crippen MR) is 118 cm³/mol. The first kappa shape index (κ1) is 24.6. The number of aromatic nitrogens is 2. The standard InChI is InChI=1S/C23H18F5N3O3S/c1-31(2)35(32,33)20-6-4-3-5-17(20)14-7-12-18-19(13-14)30-21(29-18)23(27,28)34-16-10-8-15(9-11-16)22(24,25)26/h3-13H,1-2H3,(H,29,30)/i27-1. The number of aromatic amines is 1. The summed E-state index contributed by atoms with van der Waals surface area (Å²) in [6.45, 7) is 0. The molecule has 4 aromatic rings. The molecular formula is C23H18F5N3O3S. The maximum atomic E-state index is 14.7. The molecule has 1 aromatic heterocycles. The number of rotatable bonds is 6. The van der Waals surface area contributed by atoms with Gasteiger partial charge in [0.25, 0.3) is 0 Å². The lowest BCUT2D eigenvalue weighted by molar-refractivity contribution is -0.191. The topological polar surface area (TPSA) is 75.3 Å². The number of nitrogens with one attached hydrogen (secondary N) is 1. The van der Waals surface area contributed by atoms with Gasteiger partial charge in [-0.2, -0.15) is 22.0 Å². The van der Waals surface area contributed by atoms with E-state index in [-0.39, 0.29) is 15.9 Å². The zero-order valence-corrected chi connectivity index (χ0v) is 19.1. The molecule has 0 saturated carbocycles. The maximum absolute atomic E-state index is 14.7. The fourth-order valence-electron chi connectivity index (χ4n) is 3.35. The molecule has 12 heteroatoms. The zero-order chi connectivity index (χ0) is 25.6. The highest BCUT2D eigenvalue weighted by atomic mass is 32.2. The van der Waals surface area contributed by atoms with Gasteiger partial charge in [-0.1, -0.05) is 24.3 Å². The Hall–Kier alpha value is -3.51. The van der Waals surface area contributed by atoms with Gasteiger partial charge in [0.1, 0.15) is 5.75 Å². The second-order valence-corrected chi connectivity index (χ2v) is 9.86. The van der Waals surface area contributed by atoms with Gasteiger partial charge in [-0.25, -0.2) is 17.7 Å². The van der Waals surface area contributed by atoms with Crippen LogP contribution in [-0.4, -0.2) is 36.8 Å². The van der Waals surface area contributed by atoms with E-state index in [2.05, 4.69) is 14.7 Å². The van der Waals surface area contributed by atoms with E-state index in [9.17, 15) is 30.4 Å². The van der Waals surface area contributed by atoms with Crippen molar-refractivity contribution < 1.29 is 35.1 Å². The van der Waals surface area contributed by atoms with Gasteiger partial charge in [0.2, 0.25) is 15.8 Å². The van der Waals surface area contributed by atoms with Crippen molar-refractivity contribution in [2.24, 2.45) is 0 Å². The van der Waals surface area contributed by atoms with Crippen LogP contribution in [0.5, 0.6) is 5.75 Å². The second kappa shape index (κ2) is 8.61. The predicted octanol–water partition coefficient (Wildman–Crippen LogP) is 5.63. The van der Waals surface area contributed by atoms with Gasteiger partial charge in [-0.3, -0.25) is 0 Å². The normalized spacial score (nSPS) is 14.3. The van der Waals surface area contributed by atoms with Crippen molar-refractivity contribution >= 4 is 21.1 Å². The monoisotopic (exact) mass is 510 g/mol. The minimum absolute atomic E-state index is 0.0417. The van der Waals surface area contributed by atoms with E-state index in [1.54, 1.807) is 24.3 Å². The van der Waals surface area contributed by atoms with E-state index in [4.69, 9.17) is 0 Å². The van der Waals surface area contributed by atoms with Crippen molar-refractivity contribution in [2.45, 2.75) is 17.2 Å². The van der Waals surface area contributed by atoms with E-state index in [0.717, 1.165) is 16.4 Å². The van der Waals surface area contributed by atoms with Crippen molar-refractivity contribution in [2.75, 3.05) is 14.1 Å². The van der Waals surface area contributed by atoms with E-state index >= 15 is 0 Å². The molecule has 184 valence electrons. The number of hydrogen-bond acceptors (Lipinski definition) is 4. The fraction of sp³-hybridized carbons (Fsp3) is 0.174. The Morgan fingerprint density at radius 3 is 2.20 bits per heavy atom. The van der Waals surface area contributed by atoms with Crippen LogP contribution in [0.1, 0.15) is 11.4 Å². The Kier molecular flexibility index (Phi) is 6.05. The lowest BCUT2D eigenvalue weighted by Crippen LogP contribution is -2.23. The number of fused-ring (bicyclic) bond motifs is 1. The number of H-pyrrole nitrogens is 1. The van der Waals surface area contributed by atoms with Gasteiger partial charge in [-0.15, -0.1) is 0 Å².